The molecular formula is C26H31FN6OS. The fraction of sp³-hybridized carbons (Fsp3) is 0.385. The number of benzene rings is 2. The fourth-order valence-corrected chi connectivity index (χ4v) is 5.22. The summed E-state index contributed by atoms with van der Waals surface area (Å²) in [5.41, 5.74) is 2.73. The van der Waals surface area contributed by atoms with Gasteiger partial charge in [0, 0.05) is 43.8 Å². The van der Waals surface area contributed by atoms with E-state index in [1.165, 1.54) is 17.7 Å². The normalized spacial score (nSPS) is 15.1. The molecule has 0 amide bonds. The summed E-state index contributed by atoms with van der Waals surface area (Å²) < 4.78 is 20.7. The van der Waals surface area contributed by atoms with Crippen molar-refractivity contribution in [1.29, 1.82) is 0 Å². The highest BCUT2D eigenvalue weighted by Gasteiger charge is 2.25. The molecule has 3 heterocycles. The van der Waals surface area contributed by atoms with Gasteiger partial charge >= 0.3 is 0 Å². The van der Waals surface area contributed by atoms with Gasteiger partial charge in [0.2, 0.25) is 10.1 Å². The Bertz CT molecular complexity index is 1300. The zero-order valence-corrected chi connectivity index (χ0v) is 21.4. The number of rotatable bonds is 6. The van der Waals surface area contributed by atoms with Crippen molar-refractivity contribution in [3.63, 3.8) is 0 Å². The molecular weight excluding hydrogens is 463 g/mol. The number of methoxy groups -OCH3 is 1. The van der Waals surface area contributed by atoms with Gasteiger partial charge in [0.15, 0.2) is 5.82 Å². The van der Waals surface area contributed by atoms with E-state index in [9.17, 15) is 4.39 Å². The standard InChI is InChI=1S/C26H31FN6OS/c1-26(2,3)29-23-22(19-8-10-20(27)11-9-19)28-24-33(23)30-25(35-24)32-14-12-31(13-15-32)17-18-6-5-7-21(16-18)34-4/h5-11,16,29H,12-15,17H2,1-4H3. The number of anilines is 2. The summed E-state index contributed by atoms with van der Waals surface area (Å²) in [5.74, 6) is 1.47. The van der Waals surface area contributed by atoms with Crippen LogP contribution in [0.2, 0.25) is 0 Å². The van der Waals surface area contributed by atoms with E-state index in [-0.39, 0.29) is 11.4 Å². The lowest BCUT2D eigenvalue weighted by molar-refractivity contribution is 0.249. The smallest absolute Gasteiger partial charge is 0.216 e. The number of piperazine rings is 1. The molecule has 1 saturated heterocycles. The average molecular weight is 495 g/mol. The van der Waals surface area contributed by atoms with Crippen LogP contribution < -0.4 is 15.0 Å². The number of imidazole rings is 1. The number of ether oxygens (including phenoxy) is 1. The molecule has 0 saturated carbocycles. The van der Waals surface area contributed by atoms with E-state index >= 15 is 0 Å². The number of hydrogen-bond donors (Lipinski definition) is 1. The van der Waals surface area contributed by atoms with Crippen molar-refractivity contribution in [2.24, 2.45) is 0 Å². The highest BCUT2D eigenvalue weighted by molar-refractivity contribution is 7.20. The Balaban J connectivity index is 1.34. The lowest BCUT2D eigenvalue weighted by Crippen LogP contribution is -2.46. The van der Waals surface area contributed by atoms with Crippen molar-refractivity contribution in [2.75, 3.05) is 43.5 Å². The van der Waals surface area contributed by atoms with Crippen LogP contribution in [0.4, 0.5) is 15.3 Å². The molecule has 0 radical (unpaired) electrons. The molecule has 0 spiro atoms. The van der Waals surface area contributed by atoms with Crippen LogP contribution in [-0.2, 0) is 6.54 Å². The van der Waals surface area contributed by atoms with E-state index in [0.717, 1.165) is 65.6 Å². The van der Waals surface area contributed by atoms with Gasteiger partial charge in [-0.15, -0.1) is 5.10 Å². The molecule has 2 aromatic carbocycles. The zero-order valence-electron chi connectivity index (χ0n) is 20.6. The molecule has 35 heavy (non-hydrogen) atoms. The second-order valence-corrected chi connectivity index (χ2v) is 10.8. The molecule has 0 aliphatic carbocycles. The number of fused-ring (bicyclic) bond motifs is 1. The number of nitrogens with zero attached hydrogens (tertiary/aromatic N) is 5. The summed E-state index contributed by atoms with van der Waals surface area (Å²) in [4.78, 5) is 10.5. The maximum Gasteiger partial charge on any atom is 0.216 e. The van der Waals surface area contributed by atoms with Crippen LogP contribution in [0.5, 0.6) is 5.75 Å². The average Bonchev–Trinajstić information content (AvgIpc) is 3.39. The van der Waals surface area contributed by atoms with Gasteiger partial charge in [-0.3, -0.25) is 4.90 Å². The summed E-state index contributed by atoms with van der Waals surface area (Å²) in [6.07, 6.45) is 0. The third-order valence-electron chi connectivity index (χ3n) is 5.99. The van der Waals surface area contributed by atoms with Crippen LogP contribution in [0, 0.1) is 5.82 Å². The van der Waals surface area contributed by atoms with Crippen molar-refractivity contribution < 1.29 is 9.13 Å². The van der Waals surface area contributed by atoms with Gasteiger partial charge < -0.3 is 15.0 Å². The first kappa shape index (κ1) is 23.6. The Hall–Kier alpha value is -3.17. The predicted octanol–water partition coefficient (Wildman–Crippen LogP) is 5.14. The summed E-state index contributed by atoms with van der Waals surface area (Å²) in [7, 11) is 1.70. The van der Waals surface area contributed by atoms with Crippen molar-refractivity contribution in [1.82, 2.24) is 19.5 Å². The lowest BCUT2D eigenvalue weighted by atomic mass is 10.1. The Morgan fingerprint density at radius 1 is 1.06 bits per heavy atom. The minimum absolute atomic E-state index is 0.180. The van der Waals surface area contributed by atoms with Gasteiger partial charge in [-0.1, -0.05) is 23.5 Å². The van der Waals surface area contributed by atoms with Crippen LogP contribution in [-0.4, -0.2) is 58.3 Å². The summed E-state index contributed by atoms with van der Waals surface area (Å²) in [5, 5.41) is 9.47. The molecule has 1 aliphatic heterocycles. The summed E-state index contributed by atoms with van der Waals surface area (Å²) >= 11 is 1.59. The molecule has 1 N–H and O–H groups in total. The molecule has 1 fully saturated rings. The summed E-state index contributed by atoms with van der Waals surface area (Å²) in [6, 6.07) is 14.7. The highest BCUT2D eigenvalue weighted by Crippen LogP contribution is 2.35. The van der Waals surface area contributed by atoms with E-state index < -0.39 is 0 Å². The van der Waals surface area contributed by atoms with E-state index in [0.29, 0.717) is 0 Å². The maximum atomic E-state index is 13.5. The van der Waals surface area contributed by atoms with E-state index in [1.807, 2.05) is 16.6 Å². The zero-order chi connectivity index (χ0) is 24.6. The first-order valence-corrected chi connectivity index (χ1v) is 12.6. The Kier molecular flexibility index (Phi) is 6.37. The molecule has 0 bridgehead atoms. The van der Waals surface area contributed by atoms with Gasteiger partial charge in [-0.25, -0.2) is 9.37 Å². The van der Waals surface area contributed by atoms with E-state index in [4.69, 9.17) is 14.8 Å². The molecule has 4 aromatic rings. The van der Waals surface area contributed by atoms with Crippen molar-refractivity contribution in [3.05, 3.63) is 59.9 Å². The van der Waals surface area contributed by atoms with Crippen molar-refractivity contribution in [2.45, 2.75) is 32.9 Å². The Morgan fingerprint density at radius 3 is 2.49 bits per heavy atom. The third-order valence-corrected chi connectivity index (χ3v) is 6.96. The number of halogens is 1. The molecule has 0 unspecified atom stereocenters. The monoisotopic (exact) mass is 494 g/mol. The predicted molar refractivity (Wildman–Crippen MR) is 140 cm³/mol. The quantitative estimate of drug-likeness (QED) is 0.401. The third kappa shape index (κ3) is 5.26. The first-order chi connectivity index (χ1) is 16.8. The van der Waals surface area contributed by atoms with E-state index in [1.54, 1.807) is 30.6 Å². The topological polar surface area (TPSA) is 57.9 Å². The Labute approximate surface area is 209 Å². The second kappa shape index (κ2) is 9.47. The second-order valence-electron chi connectivity index (χ2n) is 9.88. The molecule has 1 aliphatic rings. The van der Waals surface area contributed by atoms with Crippen LogP contribution in [0.3, 0.4) is 0 Å². The molecule has 2 aromatic heterocycles. The summed E-state index contributed by atoms with van der Waals surface area (Å²) in [6.45, 7) is 11.0. The highest BCUT2D eigenvalue weighted by atomic mass is 32.1. The van der Waals surface area contributed by atoms with Crippen LogP contribution in [0.1, 0.15) is 26.3 Å². The minimum Gasteiger partial charge on any atom is -0.497 e. The largest absolute Gasteiger partial charge is 0.497 e. The minimum atomic E-state index is -0.258. The molecule has 9 heteroatoms. The van der Waals surface area contributed by atoms with Crippen LogP contribution in [0.15, 0.2) is 48.5 Å². The van der Waals surface area contributed by atoms with E-state index in [2.05, 4.69) is 48.0 Å². The SMILES string of the molecule is COc1cccc(CN2CCN(c3nn4c(NC(C)(C)C)c(-c5ccc(F)cc5)nc4s3)CC2)c1. The van der Waals surface area contributed by atoms with Gasteiger partial charge in [0.05, 0.1) is 7.11 Å². The van der Waals surface area contributed by atoms with Gasteiger partial charge in [-0.2, -0.15) is 4.52 Å². The number of aromatic nitrogens is 3. The van der Waals surface area contributed by atoms with Crippen LogP contribution >= 0.6 is 11.3 Å². The molecule has 184 valence electrons. The maximum absolute atomic E-state index is 13.5. The van der Waals surface area contributed by atoms with Gasteiger partial charge in [-0.05, 0) is 62.7 Å². The van der Waals surface area contributed by atoms with Gasteiger partial charge in [0.1, 0.15) is 17.3 Å². The fourth-order valence-electron chi connectivity index (χ4n) is 4.27. The number of nitrogens with one attached hydrogen (secondary N) is 1. The molecule has 7 nitrogen and oxygen atoms in total. The van der Waals surface area contributed by atoms with Gasteiger partial charge in [0.25, 0.3) is 0 Å². The van der Waals surface area contributed by atoms with Crippen LogP contribution in [0.25, 0.3) is 16.2 Å². The first-order valence-electron chi connectivity index (χ1n) is 11.8. The van der Waals surface area contributed by atoms with Crippen molar-refractivity contribution in [3.8, 4) is 17.0 Å². The lowest BCUT2D eigenvalue weighted by Gasteiger charge is -2.34. The molecule has 5 rings (SSSR count). The Morgan fingerprint density at radius 2 is 1.80 bits per heavy atom. The van der Waals surface area contributed by atoms with Crippen molar-refractivity contribution >= 4 is 27.2 Å². The molecule has 0 atom stereocenters. The number of hydrogen-bond acceptors (Lipinski definition) is 7.